The fourth-order valence-electron chi connectivity index (χ4n) is 4.19. The molecule has 1 saturated heterocycles. The maximum absolute atomic E-state index is 13.0. The summed E-state index contributed by atoms with van der Waals surface area (Å²) in [5, 5.41) is 9.24. The lowest BCUT2D eigenvalue weighted by molar-refractivity contribution is -0.170. The Labute approximate surface area is 164 Å². The van der Waals surface area contributed by atoms with Crippen LogP contribution in [0.4, 0.5) is 18.0 Å². The fraction of sp³-hybridized carbons (Fsp3) is 0.333. The van der Waals surface area contributed by atoms with Crippen LogP contribution in [0.3, 0.4) is 0 Å². The molecule has 0 saturated carbocycles. The monoisotopic (exact) mass is 405 g/mol. The van der Waals surface area contributed by atoms with E-state index in [0.717, 1.165) is 22.3 Å². The first-order chi connectivity index (χ1) is 13.8. The fourth-order valence-corrected chi connectivity index (χ4v) is 4.19. The van der Waals surface area contributed by atoms with Gasteiger partial charge in [-0.15, -0.1) is 0 Å². The number of halogens is 3. The number of carbonyl (C=O) groups is 2. The van der Waals surface area contributed by atoms with Crippen LogP contribution in [-0.4, -0.2) is 47.4 Å². The van der Waals surface area contributed by atoms with Crippen molar-refractivity contribution in [1.82, 2.24) is 4.90 Å². The standard InChI is InChI=1S/C21H18F3NO4/c22-21(23,24)12-9-18(19(26)27)25(10-12)20(28)29-11-17-15-7-3-1-5-13(15)14-6-2-4-8-16(14)17/h1-8,12,17-18H,9-11H2,(H,26,27)/t12-,18-/m0/s1. The maximum Gasteiger partial charge on any atom is 0.410 e. The summed E-state index contributed by atoms with van der Waals surface area (Å²) in [6, 6.07) is 13.8. The summed E-state index contributed by atoms with van der Waals surface area (Å²) in [5.41, 5.74) is 3.97. The van der Waals surface area contributed by atoms with Gasteiger partial charge >= 0.3 is 18.2 Å². The number of alkyl halides is 3. The Balaban J connectivity index is 1.52. The second-order valence-electron chi connectivity index (χ2n) is 7.28. The van der Waals surface area contributed by atoms with Crippen molar-refractivity contribution >= 4 is 12.1 Å². The minimum absolute atomic E-state index is 0.0770. The minimum atomic E-state index is -4.56. The number of nitrogens with zero attached hydrogens (tertiary/aromatic N) is 1. The highest BCUT2D eigenvalue weighted by Crippen LogP contribution is 2.44. The number of hydrogen-bond donors (Lipinski definition) is 1. The lowest BCUT2D eigenvalue weighted by Gasteiger charge is -2.22. The Bertz CT molecular complexity index is 913. The van der Waals surface area contributed by atoms with Gasteiger partial charge in [-0.1, -0.05) is 48.5 Å². The number of carboxylic acids is 1. The minimum Gasteiger partial charge on any atom is -0.480 e. The zero-order valence-electron chi connectivity index (χ0n) is 15.2. The van der Waals surface area contributed by atoms with Crippen molar-refractivity contribution in [3.63, 3.8) is 0 Å². The lowest BCUT2D eigenvalue weighted by atomic mass is 9.98. The third-order valence-corrected chi connectivity index (χ3v) is 5.62. The van der Waals surface area contributed by atoms with E-state index in [9.17, 15) is 27.9 Å². The van der Waals surface area contributed by atoms with E-state index in [4.69, 9.17) is 4.74 Å². The highest BCUT2D eigenvalue weighted by atomic mass is 19.4. The highest BCUT2D eigenvalue weighted by molar-refractivity contribution is 5.81. The summed E-state index contributed by atoms with van der Waals surface area (Å²) in [4.78, 5) is 24.5. The number of ether oxygens (including phenoxy) is 1. The van der Waals surface area contributed by atoms with E-state index in [0.29, 0.717) is 4.90 Å². The molecular formula is C21H18F3NO4. The number of hydrogen-bond acceptors (Lipinski definition) is 3. The molecule has 2 aromatic carbocycles. The van der Waals surface area contributed by atoms with Gasteiger partial charge in [0.05, 0.1) is 5.92 Å². The van der Waals surface area contributed by atoms with Gasteiger partial charge in [0.25, 0.3) is 0 Å². The zero-order chi connectivity index (χ0) is 20.8. The van der Waals surface area contributed by atoms with Gasteiger partial charge in [0, 0.05) is 12.5 Å². The summed E-state index contributed by atoms with van der Waals surface area (Å²) >= 11 is 0. The van der Waals surface area contributed by atoms with Gasteiger partial charge in [-0.2, -0.15) is 13.2 Å². The average molecular weight is 405 g/mol. The highest BCUT2D eigenvalue weighted by Gasteiger charge is 2.51. The number of carbonyl (C=O) groups excluding carboxylic acids is 1. The molecule has 8 heteroatoms. The van der Waals surface area contributed by atoms with Crippen LogP contribution in [0.1, 0.15) is 23.5 Å². The van der Waals surface area contributed by atoms with Gasteiger partial charge in [0.15, 0.2) is 0 Å². The molecule has 1 aliphatic heterocycles. The van der Waals surface area contributed by atoms with Gasteiger partial charge in [0.2, 0.25) is 0 Å². The predicted molar refractivity (Wildman–Crippen MR) is 97.4 cm³/mol. The van der Waals surface area contributed by atoms with Crippen molar-refractivity contribution in [3.05, 3.63) is 59.7 Å². The number of rotatable bonds is 3. The number of amides is 1. The molecule has 1 aliphatic carbocycles. The number of aliphatic carboxylic acids is 1. The van der Waals surface area contributed by atoms with E-state index in [1.165, 1.54) is 0 Å². The number of likely N-dealkylation sites (tertiary alicyclic amines) is 1. The van der Waals surface area contributed by atoms with Crippen molar-refractivity contribution < 1.29 is 32.6 Å². The number of fused-ring (bicyclic) bond motifs is 3. The van der Waals surface area contributed by atoms with Crippen molar-refractivity contribution in [2.45, 2.75) is 24.6 Å². The largest absolute Gasteiger partial charge is 0.480 e. The quantitative estimate of drug-likeness (QED) is 0.828. The molecular weight excluding hydrogens is 387 g/mol. The van der Waals surface area contributed by atoms with Crippen molar-refractivity contribution in [1.29, 1.82) is 0 Å². The van der Waals surface area contributed by atoms with Crippen molar-refractivity contribution in [2.24, 2.45) is 5.92 Å². The second-order valence-corrected chi connectivity index (χ2v) is 7.28. The van der Waals surface area contributed by atoms with Crippen LogP contribution in [0.5, 0.6) is 0 Å². The third kappa shape index (κ3) is 3.43. The summed E-state index contributed by atoms with van der Waals surface area (Å²) in [5.74, 6) is -3.59. The summed E-state index contributed by atoms with van der Waals surface area (Å²) in [6.45, 7) is -0.788. The molecule has 0 aromatic heterocycles. The Morgan fingerprint density at radius 2 is 1.59 bits per heavy atom. The van der Waals surface area contributed by atoms with Crippen LogP contribution in [-0.2, 0) is 9.53 Å². The molecule has 152 valence electrons. The Morgan fingerprint density at radius 1 is 1.03 bits per heavy atom. The number of carboxylic acid groups (broad SMARTS) is 1. The molecule has 0 radical (unpaired) electrons. The molecule has 0 bridgehead atoms. The van der Waals surface area contributed by atoms with Crippen LogP contribution in [0.15, 0.2) is 48.5 Å². The normalized spacial score (nSPS) is 21.0. The van der Waals surface area contributed by atoms with E-state index < -0.39 is 43.2 Å². The smallest absolute Gasteiger partial charge is 0.410 e. The van der Waals surface area contributed by atoms with E-state index in [1.807, 2.05) is 48.5 Å². The zero-order valence-corrected chi connectivity index (χ0v) is 15.2. The SMILES string of the molecule is O=C(O)[C@@H]1C[C@H](C(F)(F)F)CN1C(=O)OCC1c2ccccc2-c2ccccc21. The van der Waals surface area contributed by atoms with Gasteiger partial charge in [-0.05, 0) is 28.7 Å². The Morgan fingerprint density at radius 3 is 2.10 bits per heavy atom. The predicted octanol–water partition coefficient (Wildman–Crippen LogP) is 4.27. The topological polar surface area (TPSA) is 66.8 Å². The van der Waals surface area contributed by atoms with E-state index in [2.05, 4.69) is 0 Å². The van der Waals surface area contributed by atoms with Gasteiger partial charge in [0.1, 0.15) is 12.6 Å². The van der Waals surface area contributed by atoms with Crippen LogP contribution in [0.2, 0.25) is 0 Å². The molecule has 1 N–H and O–H groups in total. The molecule has 2 aliphatic rings. The number of benzene rings is 2. The third-order valence-electron chi connectivity index (χ3n) is 5.62. The first kappa shape index (κ1) is 19.3. The summed E-state index contributed by atoms with van der Waals surface area (Å²) in [6.07, 6.45) is -6.26. The van der Waals surface area contributed by atoms with Gasteiger partial charge in [-0.3, -0.25) is 4.90 Å². The van der Waals surface area contributed by atoms with Crippen LogP contribution >= 0.6 is 0 Å². The molecule has 5 nitrogen and oxygen atoms in total. The summed E-state index contributed by atoms with van der Waals surface area (Å²) in [7, 11) is 0. The second kappa shape index (κ2) is 7.09. The van der Waals surface area contributed by atoms with Crippen LogP contribution in [0.25, 0.3) is 11.1 Å². The maximum atomic E-state index is 13.0. The van der Waals surface area contributed by atoms with Crippen LogP contribution in [0, 0.1) is 5.92 Å². The summed E-state index contributed by atoms with van der Waals surface area (Å²) < 4.78 is 44.4. The molecule has 1 fully saturated rings. The van der Waals surface area contributed by atoms with Crippen molar-refractivity contribution in [3.8, 4) is 11.1 Å². The molecule has 0 unspecified atom stereocenters. The Hall–Kier alpha value is -3.03. The van der Waals surface area contributed by atoms with Gasteiger partial charge < -0.3 is 9.84 Å². The molecule has 0 spiro atoms. The molecule has 1 heterocycles. The lowest BCUT2D eigenvalue weighted by Crippen LogP contribution is -2.41. The van der Waals surface area contributed by atoms with Crippen LogP contribution < -0.4 is 0 Å². The first-order valence-corrected chi connectivity index (χ1v) is 9.18. The Kier molecular flexibility index (Phi) is 4.72. The molecule has 1 amide bonds. The molecule has 29 heavy (non-hydrogen) atoms. The van der Waals surface area contributed by atoms with E-state index in [-0.39, 0.29) is 12.5 Å². The first-order valence-electron chi connectivity index (χ1n) is 9.18. The molecule has 4 rings (SSSR count). The van der Waals surface area contributed by atoms with Gasteiger partial charge in [-0.25, -0.2) is 9.59 Å². The molecule has 2 aromatic rings. The van der Waals surface area contributed by atoms with E-state index in [1.54, 1.807) is 0 Å². The van der Waals surface area contributed by atoms with E-state index >= 15 is 0 Å². The molecule has 2 atom stereocenters. The average Bonchev–Trinajstić information content (AvgIpc) is 3.27. The van der Waals surface area contributed by atoms with Crippen molar-refractivity contribution in [2.75, 3.05) is 13.2 Å².